The molecule has 0 spiro atoms. The van der Waals surface area contributed by atoms with Gasteiger partial charge in [0, 0.05) is 25.5 Å². The van der Waals surface area contributed by atoms with Crippen LogP contribution in [0.2, 0.25) is 0 Å². The van der Waals surface area contributed by atoms with Gasteiger partial charge in [-0.05, 0) is 17.2 Å². The van der Waals surface area contributed by atoms with Gasteiger partial charge in [0.2, 0.25) is 5.91 Å². The third kappa shape index (κ3) is 4.89. The van der Waals surface area contributed by atoms with Gasteiger partial charge >= 0.3 is 0 Å². The Morgan fingerprint density at radius 1 is 1.00 bits per heavy atom. The van der Waals surface area contributed by atoms with Gasteiger partial charge < -0.3 is 10.6 Å². The van der Waals surface area contributed by atoms with E-state index in [9.17, 15) is 4.79 Å². The molecule has 98 valence electrons. The fraction of sp³-hybridized carbons (Fsp3) is 0.200. The molecule has 2 N–H and O–H groups in total. The summed E-state index contributed by atoms with van der Waals surface area (Å²) in [6, 6.07) is 13.7. The van der Waals surface area contributed by atoms with E-state index in [1.54, 1.807) is 12.4 Å². The monoisotopic (exact) mass is 255 g/mol. The molecule has 4 heteroatoms. The fourth-order valence-corrected chi connectivity index (χ4v) is 1.68. The van der Waals surface area contributed by atoms with Crippen LogP contribution in [0.5, 0.6) is 0 Å². The maximum Gasteiger partial charge on any atom is 0.234 e. The molecule has 0 fully saturated rings. The van der Waals surface area contributed by atoms with Gasteiger partial charge in [0.25, 0.3) is 0 Å². The minimum absolute atomic E-state index is 0.00672. The molecule has 0 bridgehead atoms. The number of benzene rings is 1. The zero-order valence-electron chi connectivity index (χ0n) is 10.7. The summed E-state index contributed by atoms with van der Waals surface area (Å²) in [5.74, 6) is -0.00672. The van der Waals surface area contributed by atoms with Crippen molar-refractivity contribution in [2.24, 2.45) is 0 Å². The van der Waals surface area contributed by atoms with Crippen LogP contribution in [0, 0.1) is 0 Å². The second-order valence-electron chi connectivity index (χ2n) is 4.23. The van der Waals surface area contributed by atoms with Crippen molar-refractivity contribution in [3.8, 4) is 0 Å². The second-order valence-corrected chi connectivity index (χ2v) is 4.23. The molecule has 19 heavy (non-hydrogen) atoms. The molecule has 0 aliphatic heterocycles. The number of nitrogens with one attached hydrogen (secondary N) is 2. The molecule has 1 heterocycles. The summed E-state index contributed by atoms with van der Waals surface area (Å²) in [5.41, 5.74) is 2.17. The van der Waals surface area contributed by atoms with Crippen molar-refractivity contribution in [3.63, 3.8) is 0 Å². The van der Waals surface area contributed by atoms with Crippen molar-refractivity contribution in [1.82, 2.24) is 15.6 Å². The van der Waals surface area contributed by atoms with E-state index in [-0.39, 0.29) is 5.91 Å². The molecule has 1 aromatic heterocycles. The van der Waals surface area contributed by atoms with Crippen LogP contribution in [0.25, 0.3) is 0 Å². The van der Waals surface area contributed by atoms with Crippen molar-refractivity contribution in [2.45, 2.75) is 13.1 Å². The topological polar surface area (TPSA) is 54.0 Å². The van der Waals surface area contributed by atoms with Gasteiger partial charge in [-0.25, -0.2) is 0 Å². The standard InChI is InChI=1S/C15H17N3O/c19-15(18-11-13-5-2-1-3-6-13)12-17-10-14-7-4-8-16-9-14/h1-9,17H,10-12H2,(H,18,19). The SMILES string of the molecule is O=C(CNCc1cccnc1)NCc1ccccc1. The molecule has 0 atom stereocenters. The molecule has 0 aliphatic rings. The van der Waals surface area contributed by atoms with E-state index in [2.05, 4.69) is 15.6 Å². The first-order valence-electron chi connectivity index (χ1n) is 6.25. The number of amides is 1. The van der Waals surface area contributed by atoms with Crippen molar-refractivity contribution in [1.29, 1.82) is 0 Å². The van der Waals surface area contributed by atoms with Crippen molar-refractivity contribution in [3.05, 3.63) is 66.0 Å². The number of hydrogen-bond donors (Lipinski definition) is 2. The lowest BCUT2D eigenvalue weighted by molar-refractivity contribution is -0.120. The number of nitrogens with zero attached hydrogens (tertiary/aromatic N) is 1. The van der Waals surface area contributed by atoms with Gasteiger partial charge in [-0.2, -0.15) is 0 Å². The summed E-state index contributed by atoms with van der Waals surface area (Å²) < 4.78 is 0. The Morgan fingerprint density at radius 2 is 1.79 bits per heavy atom. The highest BCUT2D eigenvalue weighted by atomic mass is 16.1. The van der Waals surface area contributed by atoms with Crippen LogP contribution >= 0.6 is 0 Å². The summed E-state index contributed by atoms with van der Waals surface area (Å²) in [7, 11) is 0. The molecule has 0 saturated carbocycles. The highest BCUT2D eigenvalue weighted by Crippen LogP contribution is 1.97. The maximum absolute atomic E-state index is 11.6. The van der Waals surface area contributed by atoms with Crippen LogP contribution in [-0.2, 0) is 17.9 Å². The molecule has 0 saturated heterocycles. The lowest BCUT2D eigenvalue weighted by Crippen LogP contribution is -2.33. The predicted molar refractivity (Wildman–Crippen MR) is 74.2 cm³/mol. The number of pyridine rings is 1. The van der Waals surface area contributed by atoms with Crippen LogP contribution in [-0.4, -0.2) is 17.4 Å². The first-order valence-corrected chi connectivity index (χ1v) is 6.25. The summed E-state index contributed by atoms with van der Waals surface area (Å²) in [5, 5.41) is 5.95. The third-order valence-electron chi connectivity index (χ3n) is 2.67. The molecular formula is C15H17N3O. The van der Waals surface area contributed by atoms with Gasteiger partial charge in [0.1, 0.15) is 0 Å². The van der Waals surface area contributed by atoms with Crippen LogP contribution < -0.4 is 10.6 Å². The highest BCUT2D eigenvalue weighted by Gasteiger charge is 2.00. The molecule has 1 aromatic carbocycles. The molecule has 2 rings (SSSR count). The normalized spacial score (nSPS) is 10.1. The summed E-state index contributed by atoms with van der Waals surface area (Å²) in [6.45, 7) is 1.52. The Morgan fingerprint density at radius 3 is 2.53 bits per heavy atom. The van der Waals surface area contributed by atoms with E-state index in [4.69, 9.17) is 0 Å². The Bertz CT molecular complexity index is 499. The van der Waals surface area contributed by atoms with Gasteiger partial charge in [-0.1, -0.05) is 36.4 Å². The summed E-state index contributed by atoms with van der Waals surface area (Å²) in [6.07, 6.45) is 3.52. The largest absolute Gasteiger partial charge is 0.351 e. The predicted octanol–water partition coefficient (Wildman–Crippen LogP) is 1.49. The zero-order chi connectivity index (χ0) is 13.3. The Labute approximate surface area is 112 Å². The van der Waals surface area contributed by atoms with E-state index >= 15 is 0 Å². The number of rotatable bonds is 6. The molecule has 0 unspecified atom stereocenters. The average molecular weight is 255 g/mol. The molecule has 1 amide bonds. The molecule has 0 aliphatic carbocycles. The van der Waals surface area contributed by atoms with E-state index in [1.165, 1.54) is 0 Å². The Kier molecular flexibility index (Phi) is 5.07. The van der Waals surface area contributed by atoms with Crippen LogP contribution in [0.1, 0.15) is 11.1 Å². The average Bonchev–Trinajstić information content (AvgIpc) is 2.47. The summed E-state index contributed by atoms with van der Waals surface area (Å²) >= 11 is 0. The van der Waals surface area contributed by atoms with Crippen molar-refractivity contribution < 1.29 is 4.79 Å². The Hall–Kier alpha value is -2.20. The van der Waals surface area contributed by atoms with Crippen molar-refractivity contribution in [2.75, 3.05) is 6.54 Å². The highest BCUT2D eigenvalue weighted by molar-refractivity contribution is 5.77. The smallest absolute Gasteiger partial charge is 0.234 e. The molecule has 0 radical (unpaired) electrons. The zero-order valence-corrected chi connectivity index (χ0v) is 10.7. The van der Waals surface area contributed by atoms with Gasteiger partial charge in [0.05, 0.1) is 6.54 Å². The number of carbonyl (C=O) groups is 1. The molecular weight excluding hydrogens is 238 g/mol. The Balaban J connectivity index is 1.65. The first kappa shape index (κ1) is 13.2. The lowest BCUT2D eigenvalue weighted by Gasteiger charge is -2.06. The summed E-state index contributed by atoms with van der Waals surface area (Å²) in [4.78, 5) is 15.6. The number of hydrogen-bond acceptors (Lipinski definition) is 3. The third-order valence-corrected chi connectivity index (χ3v) is 2.67. The quantitative estimate of drug-likeness (QED) is 0.822. The minimum atomic E-state index is -0.00672. The van der Waals surface area contributed by atoms with Crippen molar-refractivity contribution >= 4 is 5.91 Å². The second kappa shape index (κ2) is 7.28. The number of aromatic nitrogens is 1. The van der Waals surface area contributed by atoms with Crippen LogP contribution in [0.15, 0.2) is 54.9 Å². The van der Waals surface area contributed by atoms with E-state index < -0.39 is 0 Å². The van der Waals surface area contributed by atoms with Gasteiger partial charge in [-0.15, -0.1) is 0 Å². The van der Waals surface area contributed by atoms with Crippen LogP contribution in [0.4, 0.5) is 0 Å². The van der Waals surface area contributed by atoms with Gasteiger partial charge in [0.15, 0.2) is 0 Å². The minimum Gasteiger partial charge on any atom is -0.351 e. The first-order chi connectivity index (χ1) is 9.34. The van der Waals surface area contributed by atoms with Gasteiger partial charge in [-0.3, -0.25) is 9.78 Å². The van der Waals surface area contributed by atoms with Crippen LogP contribution in [0.3, 0.4) is 0 Å². The van der Waals surface area contributed by atoms with E-state index in [1.807, 2.05) is 42.5 Å². The number of carbonyl (C=O) groups excluding carboxylic acids is 1. The van der Waals surface area contributed by atoms with E-state index in [0.29, 0.717) is 19.6 Å². The van der Waals surface area contributed by atoms with E-state index in [0.717, 1.165) is 11.1 Å². The fourth-order valence-electron chi connectivity index (χ4n) is 1.68. The molecule has 4 nitrogen and oxygen atoms in total. The maximum atomic E-state index is 11.6. The lowest BCUT2D eigenvalue weighted by atomic mass is 10.2. The molecule has 2 aromatic rings.